The monoisotopic (exact) mass is 348 g/mol. The molecule has 1 amide bonds. The van der Waals surface area contributed by atoms with Crippen LogP contribution in [0.25, 0.3) is 0 Å². The van der Waals surface area contributed by atoms with Crippen LogP contribution in [-0.2, 0) is 20.9 Å². The van der Waals surface area contributed by atoms with Gasteiger partial charge in [0.2, 0.25) is 0 Å². The molecule has 1 aliphatic carbocycles. The first-order valence-corrected chi connectivity index (χ1v) is 8.74. The van der Waals surface area contributed by atoms with E-state index in [-0.39, 0.29) is 24.2 Å². The molecule has 2 rings (SSSR count). The van der Waals surface area contributed by atoms with Gasteiger partial charge >= 0.3 is 12.1 Å². The van der Waals surface area contributed by atoms with E-state index in [1.54, 1.807) is 0 Å². The van der Waals surface area contributed by atoms with Gasteiger partial charge in [0.15, 0.2) is 0 Å². The number of methoxy groups -OCH3 is 1. The molecule has 6 nitrogen and oxygen atoms in total. The number of amides is 1. The van der Waals surface area contributed by atoms with Crippen LogP contribution in [0.15, 0.2) is 30.3 Å². The minimum Gasteiger partial charge on any atom is -0.468 e. The van der Waals surface area contributed by atoms with Crippen LogP contribution in [-0.4, -0.2) is 37.3 Å². The van der Waals surface area contributed by atoms with Gasteiger partial charge in [0.25, 0.3) is 0 Å². The van der Waals surface area contributed by atoms with E-state index in [0.29, 0.717) is 18.9 Å². The van der Waals surface area contributed by atoms with Gasteiger partial charge in [0, 0.05) is 6.54 Å². The molecule has 0 spiro atoms. The minimum atomic E-state index is -0.429. The van der Waals surface area contributed by atoms with Crippen molar-refractivity contribution >= 4 is 12.1 Å². The van der Waals surface area contributed by atoms with Crippen molar-refractivity contribution in [1.82, 2.24) is 10.6 Å². The van der Waals surface area contributed by atoms with Gasteiger partial charge in [-0.1, -0.05) is 44.2 Å². The van der Waals surface area contributed by atoms with Crippen molar-refractivity contribution < 1.29 is 19.1 Å². The Morgan fingerprint density at radius 1 is 1.20 bits per heavy atom. The van der Waals surface area contributed by atoms with E-state index in [0.717, 1.165) is 18.4 Å². The molecule has 0 heterocycles. The smallest absolute Gasteiger partial charge is 0.407 e. The summed E-state index contributed by atoms with van der Waals surface area (Å²) >= 11 is 0. The first kappa shape index (κ1) is 19.2. The van der Waals surface area contributed by atoms with E-state index in [1.165, 1.54) is 7.11 Å². The molecule has 1 aromatic rings. The lowest BCUT2D eigenvalue weighted by Crippen LogP contribution is -2.49. The van der Waals surface area contributed by atoms with Gasteiger partial charge < -0.3 is 20.1 Å². The standard InChI is InChI=1S/C19H28N2O4/c1-14(2)11-16(17(22)24-3)20-13-19(9-10-19)21-18(23)25-12-15-7-5-4-6-8-15/h4-8,14,16,20H,9-13H2,1-3H3,(H,21,23)/t16-/m1/s1. The molecule has 1 atom stereocenters. The zero-order chi connectivity index (χ0) is 18.3. The predicted octanol–water partition coefficient (Wildman–Crippen LogP) is 2.62. The number of benzene rings is 1. The van der Waals surface area contributed by atoms with Crippen molar-refractivity contribution in [2.75, 3.05) is 13.7 Å². The van der Waals surface area contributed by atoms with Crippen molar-refractivity contribution in [3.63, 3.8) is 0 Å². The highest BCUT2D eigenvalue weighted by molar-refractivity contribution is 5.75. The van der Waals surface area contributed by atoms with Crippen molar-refractivity contribution in [2.24, 2.45) is 5.92 Å². The average molecular weight is 348 g/mol. The molecule has 2 N–H and O–H groups in total. The Morgan fingerprint density at radius 2 is 1.88 bits per heavy atom. The second-order valence-electron chi connectivity index (χ2n) is 7.05. The quantitative estimate of drug-likeness (QED) is 0.671. The molecule has 0 radical (unpaired) electrons. The zero-order valence-electron chi connectivity index (χ0n) is 15.2. The van der Waals surface area contributed by atoms with Crippen LogP contribution in [0.2, 0.25) is 0 Å². The largest absolute Gasteiger partial charge is 0.468 e. The van der Waals surface area contributed by atoms with Gasteiger partial charge in [-0.2, -0.15) is 0 Å². The maximum absolute atomic E-state index is 12.0. The Morgan fingerprint density at radius 3 is 2.44 bits per heavy atom. The third-order valence-electron chi connectivity index (χ3n) is 4.31. The van der Waals surface area contributed by atoms with Crippen molar-refractivity contribution in [3.05, 3.63) is 35.9 Å². The number of rotatable bonds is 9. The topological polar surface area (TPSA) is 76.7 Å². The first-order chi connectivity index (χ1) is 11.9. The Kier molecular flexibility index (Phi) is 6.82. The minimum absolute atomic E-state index is 0.244. The first-order valence-electron chi connectivity index (χ1n) is 8.74. The second-order valence-corrected chi connectivity index (χ2v) is 7.05. The highest BCUT2D eigenvalue weighted by atomic mass is 16.5. The predicted molar refractivity (Wildman–Crippen MR) is 95.0 cm³/mol. The third kappa shape index (κ3) is 6.38. The molecule has 0 saturated heterocycles. The van der Waals surface area contributed by atoms with Crippen LogP contribution in [0, 0.1) is 5.92 Å². The molecular weight excluding hydrogens is 320 g/mol. The van der Waals surface area contributed by atoms with E-state index in [9.17, 15) is 9.59 Å². The van der Waals surface area contributed by atoms with E-state index in [1.807, 2.05) is 30.3 Å². The zero-order valence-corrected chi connectivity index (χ0v) is 15.2. The molecular formula is C19H28N2O4. The van der Waals surface area contributed by atoms with Crippen LogP contribution >= 0.6 is 0 Å². The normalized spacial score (nSPS) is 16.2. The summed E-state index contributed by atoms with van der Waals surface area (Å²) in [6, 6.07) is 9.20. The fourth-order valence-electron chi connectivity index (χ4n) is 2.67. The summed E-state index contributed by atoms with van der Waals surface area (Å²) in [7, 11) is 1.39. The molecule has 6 heteroatoms. The lowest BCUT2D eigenvalue weighted by Gasteiger charge is -2.23. The summed E-state index contributed by atoms with van der Waals surface area (Å²) in [4.78, 5) is 23.9. The number of alkyl carbamates (subject to hydrolysis) is 1. The van der Waals surface area contributed by atoms with E-state index < -0.39 is 6.09 Å². The summed E-state index contributed by atoms with van der Waals surface area (Å²) in [6.07, 6.45) is 2.01. The number of carbonyl (C=O) groups excluding carboxylic acids is 2. The average Bonchev–Trinajstić information content (AvgIpc) is 3.36. The fraction of sp³-hybridized carbons (Fsp3) is 0.579. The number of ether oxygens (including phenoxy) is 2. The van der Waals surface area contributed by atoms with Gasteiger partial charge in [-0.25, -0.2) is 4.79 Å². The van der Waals surface area contributed by atoms with Crippen molar-refractivity contribution in [1.29, 1.82) is 0 Å². The Labute approximate surface area is 149 Å². The maximum Gasteiger partial charge on any atom is 0.407 e. The van der Waals surface area contributed by atoms with Gasteiger partial charge in [-0.3, -0.25) is 4.79 Å². The van der Waals surface area contributed by atoms with Gasteiger partial charge in [-0.15, -0.1) is 0 Å². The molecule has 1 aromatic carbocycles. The van der Waals surface area contributed by atoms with Gasteiger partial charge in [-0.05, 0) is 30.7 Å². The fourth-order valence-corrected chi connectivity index (χ4v) is 2.67. The van der Waals surface area contributed by atoms with Crippen molar-refractivity contribution in [3.8, 4) is 0 Å². The Balaban J connectivity index is 1.78. The van der Waals surface area contributed by atoms with Gasteiger partial charge in [0.1, 0.15) is 12.6 Å². The molecule has 0 unspecified atom stereocenters. The highest BCUT2D eigenvalue weighted by Crippen LogP contribution is 2.35. The number of hydrogen-bond donors (Lipinski definition) is 2. The molecule has 0 aromatic heterocycles. The molecule has 25 heavy (non-hydrogen) atoms. The van der Waals surface area contributed by atoms with Crippen LogP contribution < -0.4 is 10.6 Å². The third-order valence-corrected chi connectivity index (χ3v) is 4.31. The Hall–Kier alpha value is -2.08. The number of nitrogens with one attached hydrogen (secondary N) is 2. The van der Waals surface area contributed by atoms with Crippen LogP contribution in [0.4, 0.5) is 4.79 Å². The van der Waals surface area contributed by atoms with Gasteiger partial charge in [0.05, 0.1) is 12.6 Å². The highest BCUT2D eigenvalue weighted by Gasteiger charge is 2.45. The number of esters is 1. The van der Waals surface area contributed by atoms with E-state index >= 15 is 0 Å². The summed E-state index contributed by atoms with van der Waals surface area (Å²) in [6.45, 7) is 4.89. The number of carbonyl (C=O) groups is 2. The van der Waals surface area contributed by atoms with Crippen LogP contribution in [0.1, 0.15) is 38.7 Å². The summed E-state index contributed by atoms with van der Waals surface area (Å²) in [5.74, 6) is 0.103. The maximum atomic E-state index is 12.0. The van der Waals surface area contributed by atoms with Crippen molar-refractivity contribution in [2.45, 2.75) is 51.3 Å². The Bertz CT molecular complexity index is 570. The summed E-state index contributed by atoms with van der Waals surface area (Å²) in [5.41, 5.74) is 0.625. The molecule has 0 bridgehead atoms. The number of hydrogen-bond acceptors (Lipinski definition) is 5. The molecule has 0 aliphatic heterocycles. The molecule has 1 saturated carbocycles. The van der Waals surface area contributed by atoms with Crippen LogP contribution in [0.5, 0.6) is 0 Å². The van der Waals surface area contributed by atoms with E-state index in [2.05, 4.69) is 24.5 Å². The summed E-state index contributed by atoms with van der Waals surface area (Å²) < 4.78 is 10.1. The second kappa shape index (κ2) is 8.85. The van der Waals surface area contributed by atoms with Crippen LogP contribution in [0.3, 0.4) is 0 Å². The SMILES string of the molecule is COC(=O)[C@@H](CC(C)C)NCC1(NC(=O)OCc2ccccc2)CC1. The molecule has 1 fully saturated rings. The molecule has 1 aliphatic rings. The lowest BCUT2D eigenvalue weighted by molar-refractivity contribution is -0.143. The summed E-state index contributed by atoms with van der Waals surface area (Å²) in [5, 5.41) is 6.17. The lowest BCUT2D eigenvalue weighted by atomic mass is 10.0. The molecule has 138 valence electrons. The van der Waals surface area contributed by atoms with E-state index in [4.69, 9.17) is 9.47 Å².